The van der Waals surface area contributed by atoms with E-state index in [1.807, 2.05) is 28.3 Å². The molecule has 0 amide bonds. The highest BCUT2D eigenvalue weighted by Gasteiger charge is 2.38. The first kappa shape index (κ1) is 20.7. The van der Waals surface area contributed by atoms with Crippen molar-refractivity contribution in [2.75, 3.05) is 13.7 Å². The lowest BCUT2D eigenvalue weighted by atomic mass is 10.2. The molecule has 0 aliphatic rings. The minimum absolute atomic E-state index is 0.00559. The Morgan fingerprint density at radius 2 is 1.78 bits per heavy atom. The lowest BCUT2D eigenvalue weighted by Crippen LogP contribution is -2.44. The van der Waals surface area contributed by atoms with E-state index in [1.165, 1.54) is 0 Å². The van der Waals surface area contributed by atoms with Gasteiger partial charge in [-0.25, -0.2) is 0 Å². The van der Waals surface area contributed by atoms with Crippen LogP contribution in [0.25, 0.3) is 0 Å². The van der Waals surface area contributed by atoms with Crippen molar-refractivity contribution < 1.29 is 13.9 Å². The first-order valence-corrected chi connectivity index (χ1v) is 12.0. The molecule has 0 radical (unpaired) electrons. The number of rotatable bonds is 8. The van der Waals surface area contributed by atoms with Gasteiger partial charge < -0.3 is 13.9 Å². The molecule has 23 heavy (non-hydrogen) atoms. The van der Waals surface area contributed by atoms with E-state index >= 15 is 0 Å². The summed E-state index contributed by atoms with van der Waals surface area (Å²) >= 11 is 2.23. The SMILES string of the molecule is COc1ccc(COC[C@@H](/C=C/I)O[Si](C)(C)C(C)(C)C)cc1. The molecular weight excluding hydrogens is 419 g/mol. The van der Waals surface area contributed by atoms with Crippen molar-refractivity contribution in [2.24, 2.45) is 0 Å². The third-order valence-electron chi connectivity index (χ3n) is 4.25. The second-order valence-corrected chi connectivity index (χ2v) is 12.6. The predicted octanol–water partition coefficient (Wildman–Crippen LogP) is 5.55. The standard InChI is InChI=1S/C18H29IO3Si/c1-18(2,3)23(5,6)22-17(11-12-19)14-21-13-15-7-9-16(20-4)10-8-15/h7-12,17H,13-14H2,1-6H3/b12-11+/t17-/m1/s1. The third-order valence-corrected chi connectivity index (χ3v) is 9.17. The molecule has 130 valence electrons. The fourth-order valence-electron chi connectivity index (χ4n) is 1.78. The number of benzene rings is 1. The van der Waals surface area contributed by atoms with Crippen LogP contribution in [0.3, 0.4) is 0 Å². The van der Waals surface area contributed by atoms with Gasteiger partial charge in [0.2, 0.25) is 0 Å². The number of ether oxygens (including phenoxy) is 2. The van der Waals surface area contributed by atoms with Gasteiger partial charge in [-0.05, 0) is 46.0 Å². The highest BCUT2D eigenvalue weighted by molar-refractivity contribution is 14.1. The van der Waals surface area contributed by atoms with Crippen molar-refractivity contribution in [2.45, 2.75) is 51.6 Å². The lowest BCUT2D eigenvalue weighted by molar-refractivity contribution is 0.0551. The van der Waals surface area contributed by atoms with Crippen molar-refractivity contribution in [3.8, 4) is 5.75 Å². The largest absolute Gasteiger partial charge is 0.497 e. The zero-order valence-electron chi connectivity index (χ0n) is 15.1. The van der Waals surface area contributed by atoms with E-state index in [4.69, 9.17) is 13.9 Å². The van der Waals surface area contributed by atoms with Crippen LogP contribution < -0.4 is 4.74 Å². The fourth-order valence-corrected chi connectivity index (χ4v) is 3.50. The summed E-state index contributed by atoms with van der Waals surface area (Å²) in [6, 6.07) is 7.95. The van der Waals surface area contributed by atoms with E-state index in [-0.39, 0.29) is 11.1 Å². The molecule has 0 unspecified atom stereocenters. The van der Waals surface area contributed by atoms with Crippen LogP contribution in [-0.4, -0.2) is 28.1 Å². The summed E-state index contributed by atoms with van der Waals surface area (Å²) in [6.07, 6.45) is 2.08. The van der Waals surface area contributed by atoms with E-state index in [1.54, 1.807) is 7.11 Å². The zero-order chi connectivity index (χ0) is 17.5. The van der Waals surface area contributed by atoms with E-state index < -0.39 is 8.32 Å². The first-order chi connectivity index (χ1) is 10.7. The Hall–Kier alpha value is -0.373. The van der Waals surface area contributed by atoms with Gasteiger partial charge >= 0.3 is 0 Å². The molecule has 0 fully saturated rings. The molecule has 0 bridgehead atoms. The Kier molecular flexibility index (Phi) is 8.27. The third kappa shape index (κ3) is 6.95. The summed E-state index contributed by atoms with van der Waals surface area (Å²) in [5.41, 5.74) is 1.13. The maximum atomic E-state index is 6.42. The topological polar surface area (TPSA) is 27.7 Å². The van der Waals surface area contributed by atoms with Crippen LogP contribution in [-0.2, 0) is 15.8 Å². The molecular formula is C18H29IO3Si. The average molecular weight is 448 g/mol. The minimum Gasteiger partial charge on any atom is -0.497 e. The highest BCUT2D eigenvalue weighted by Crippen LogP contribution is 2.37. The Morgan fingerprint density at radius 3 is 2.26 bits per heavy atom. The smallest absolute Gasteiger partial charge is 0.192 e. The predicted molar refractivity (Wildman–Crippen MR) is 108 cm³/mol. The average Bonchev–Trinajstić information content (AvgIpc) is 2.46. The number of halogens is 1. The van der Waals surface area contributed by atoms with Gasteiger partial charge in [0.15, 0.2) is 8.32 Å². The number of hydrogen-bond acceptors (Lipinski definition) is 3. The Bertz CT molecular complexity index is 492. The lowest BCUT2D eigenvalue weighted by Gasteiger charge is -2.38. The monoisotopic (exact) mass is 448 g/mol. The van der Waals surface area contributed by atoms with Crippen molar-refractivity contribution >= 4 is 30.9 Å². The van der Waals surface area contributed by atoms with Gasteiger partial charge in [0.05, 0.1) is 26.4 Å². The van der Waals surface area contributed by atoms with Gasteiger partial charge in [0.25, 0.3) is 0 Å². The second kappa shape index (κ2) is 9.20. The summed E-state index contributed by atoms with van der Waals surface area (Å²) in [6.45, 7) is 12.4. The molecule has 1 rings (SSSR count). The zero-order valence-corrected chi connectivity index (χ0v) is 18.2. The second-order valence-electron chi connectivity index (χ2n) is 7.10. The molecule has 5 heteroatoms. The molecule has 0 aliphatic carbocycles. The van der Waals surface area contributed by atoms with Gasteiger partial charge in [-0.2, -0.15) is 0 Å². The fraction of sp³-hybridized carbons (Fsp3) is 0.556. The van der Waals surface area contributed by atoms with Gasteiger partial charge in [-0.15, -0.1) is 0 Å². The van der Waals surface area contributed by atoms with Crippen LogP contribution >= 0.6 is 22.6 Å². The van der Waals surface area contributed by atoms with Crippen molar-refractivity contribution in [3.05, 3.63) is 40.0 Å². The molecule has 0 aromatic heterocycles. The van der Waals surface area contributed by atoms with E-state index in [0.29, 0.717) is 13.2 Å². The maximum Gasteiger partial charge on any atom is 0.192 e. The van der Waals surface area contributed by atoms with Crippen LogP contribution in [0.1, 0.15) is 26.3 Å². The van der Waals surface area contributed by atoms with Crippen LogP contribution in [0, 0.1) is 0 Å². The first-order valence-electron chi connectivity index (χ1n) is 7.85. The molecule has 1 aromatic rings. The van der Waals surface area contributed by atoms with Gasteiger partial charge in [-0.1, -0.05) is 55.5 Å². The van der Waals surface area contributed by atoms with Crippen LogP contribution in [0.15, 0.2) is 34.4 Å². The molecule has 0 heterocycles. The van der Waals surface area contributed by atoms with Gasteiger partial charge in [-0.3, -0.25) is 0 Å². The van der Waals surface area contributed by atoms with Crippen LogP contribution in [0.2, 0.25) is 18.1 Å². The van der Waals surface area contributed by atoms with Gasteiger partial charge in [0.1, 0.15) is 5.75 Å². The summed E-state index contributed by atoms with van der Waals surface area (Å²) < 4.78 is 19.5. The minimum atomic E-state index is -1.80. The summed E-state index contributed by atoms with van der Waals surface area (Å²) in [5.74, 6) is 0.862. The molecule has 0 spiro atoms. The molecule has 0 saturated heterocycles. The van der Waals surface area contributed by atoms with E-state index in [9.17, 15) is 0 Å². The van der Waals surface area contributed by atoms with Gasteiger partial charge in [0, 0.05) is 0 Å². The Balaban J connectivity index is 2.56. The molecule has 0 saturated carbocycles. The molecule has 1 atom stereocenters. The molecule has 3 nitrogen and oxygen atoms in total. The Morgan fingerprint density at radius 1 is 1.17 bits per heavy atom. The quantitative estimate of drug-likeness (QED) is 0.386. The maximum absolute atomic E-state index is 6.42. The van der Waals surface area contributed by atoms with Crippen LogP contribution in [0.5, 0.6) is 5.75 Å². The summed E-state index contributed by atoms with van der Waals surface area (Å²) in [4.78, 5) is 0. The molecule has 1 aromatic carbocycles. The molecule has 0 aliphatic heterocycles. The highest BCUT2D eigenvalue weighted by atomic mass is 127. The normalized spacial score (nSPS) is 14.2. The van der Waals surface area contributed by atoms with E-state index in [2.05, 4.69) is 62.5 Å². The van der Waals surface area contributed by atoms with Crippen molar-refractivity contribution in [1.29, 1.82) is 0 Å². The Labute approximate surface area is 155 Å². The number of methoxy groups -OCH3 is 1. The van der Waals surface area contributed by atoms with Crippen LogP contribution in [0.4, 0.5) is 0 Å². The summed E-state index contributed by atoms with van der Waals surface area (Å²) in [7, 11) is -0.127. The summed E-state index contributed by atoms with van der Waals surface area (Å²) in [5, 5.41) is 0.195. The number of hydrogen-bond donors (Lipinski definition) is 0. The van der Waals surface area contributed by atoms with Crippen molar-refractivity contribution in [3.63, 3.8) is 0 Å². The van der Waals surface area contributed by atoms with E-state index in [0.717, 1.165) is 11.3 Å². The molecule has 0 N–H and O–H groups in total. The van der Waals surface area contributed by atoms with Crippen molar-refractivity contribution in [1.82, 2.24) is 0 Å².